The van der Waals surface area contributed by atoms with E-state index < -0.39 is 19.1 Å². The highest BCUT2D eigenvalue weighted by molar-refractivity contribution is 6.99. The van der Waals surface area contributed by atoms with Crippen LogP contribution in [0.2, 0.25) is 0 Å². The molecule has 0 atom stereocenters. The summed E-state index contributed by atoms with van der Waals surface area (Å²) in [5.74, 6) is 1.17. The zero-order valence-corrected chi connectivity index (χ0v) is 27.4. The Morgan fingerprint density at radius 1 is 0.535 bits per heavy atom. The normalized spacial score (nSPS) is 17.3. The minimum absolute atomic E-state index is 0.0480. The fourth-order valence-electron chi connectivity index (χ4n) is 6.37. The number of fused-ring (bicyclic) bond motifs is 4. The quantitative estimate of drug-likeness (QED) is 0.181. The Morgan fingerprint density at radius 3 is 1.67 bits per heavy atom. The topological polar surface area (TPSA) is 12.5 Å². The summed E-state index contributed by atoms with van der Waals surface area (Å²) in [5, 5.41) is 0. The number of anilines is 3. The van der Waals surface area contributed by atoms with E-state index in [-0.39, 0.29) is 28.5 Å². The second kappa shape index (κ2) is 9.52. The molecule has 0 unspecified atom stereocenters. The van der Waals surface area contributed by atoms with Crippen molar-refractivity contribution in [3.05, 3.63) is 95.1 Å². The van der Waals surface area contributed by atoms with Crippen molar-refractivity contribution < 1.29 is 13.0 Å². The van der Waals surface area contributed by atoms with Crippen LogP contribution in [0.5, 0.6) is 11.5 Å². The van der Waals surface area contributed by atoms with E-state index >= 15 is 0 Å². The molecule has 0 aliphatic carbocycles. The van der Waals surface area contributed by atoms with Gasteiger partial charge in [-0.2, -0.15) is 0 Å². The third-order valence-corrected chi connectivity index (χ3v) is 9.07. The Morgan fingerprint density at radius 2 is 1.09 bits per heavy atom. The Kier molecular flexibility index (Phi) is 5.09. The van der Waals surface area contributed by atoms with Crippen LogP contribution < -0.4 is 26.0 Å². The number of ether oxygens (including phenoxy) is 1. The highest BCUT2D eigenvalue weighted by Gasteiger charge is 2.43. The van der Waals surface area contributed by atoms with Gasteiger partial charge in [-0.15, -0.1) is 0 Å². The molecule has 2 nitrogen and oxygen atoms in total. The molecule has 0 radical (unpaired) electrons. The molecule has 6 rings (SSSR count). The lowest BCUT2D eigenvalue weighted by molar-refractivity contribution is 0.482. The molecule has 43 heavy (non-hydrogen) atoms. The van der Waals surface area contributed by atoms with Gasteiger partial charge >= 0.3 is 0 Å². The smallest absolute Gasteiger partial charge is 0.256 e. The predicted octanol–water partition coefficient (Wildman–Crippen LogP) is 9.28. The Labute approximate surface area is 269 Å². The maximum atomic E-state index is 8.51. The van der Waals surface area contributed by atoms with Gasteiger partial charge in [-0.05, 0) is 96.7 Å². The monoisotopic (exact) mass is 575 g/mol. The molecule has 4 aromatic carbocycles. The van der Waals surface area contributed by atoms with E-state index in [0.29, 0.717) is 11.5 Å². The third-order valence-electron chi connectivity index (χ3n) is 9.07. The van der Waals surface area contributed by atoms with Gasteiger partial charge in [0, 0.05) is 25.3 Å². The van der Waals surface area contributed by atoms with E-state index in [1.807, 2.05) is 6.07 Å². The highest BCUT2D eigenvalue weighted by Crippen LogP contribution is 2.44. The van der Waals surface area contributed by atoms with E-state index in [2.05, 4.69) is 122 Å². The lowest BCUT2D eigenvalue weighted by atomic mass is 9.33. The average Bonchev–Trinajstić information content (AvgIpc) is 2.97. The number of rotatable bonds is 1. The van der Waals surface area contributed by atoms with Crippen molar-refractivity contribution in [2.75, 3.05) is 4.90 Å². The van der Waals surface area contributed by atoms with Crippen LogP contribution in [-0.4, -0.2) is 6.71 Å². The standard InChI is InChI=1S/C40H48BNO/c1-37(2,3)25-13-17-29(18-14-25)42-32-19-15-26(38(4,5)6)21-30(32)41-31-22-27(39(7,8)9)16-20-34(31)43-35-24-28(40(10,11)12)23-33(42)36(35)41/h13-24H,1-12H3/i10D3,11D3. The molecule has 0 aromatic heterocycles. The van der Waals surface area contributed by atoms with Gasteiger partial charge in [0.25, 0.3) is 6.71 Å². The Bertz CT molecular complexity index is 1920. The van der Waals surface area contributed by atoms with Crippen LogP contribution in [0.3, 0.4) is 0 Å². The first kappa shape index (κ1) is 23.0. The second-order valence-corrected chi connectivity index (χ2v) is 15.7. The summed E-state index contributed by atoms with van der Waals surface area (Å²) in [7, 11) is 0. The number of hydrogen-bond donors (Lipinski definition) is 0. The Hall–Kier alpha value is -3.46. The first-order chi connectivity index (χ1) is 22.3. The van der Waals surface area contributed by atoms with Crippen LogP contribution in [0, 0.1) is 0 Å². The zero-order chi connectivity index (χ0) is 36.3. The number of nitrogens with zero attached hydrogens (tertiary/aromatic N) is 1. The summed E-state index contributed by atoms with van der Waals surface area (Å²) < 4.78 is 57.8. The summed E-state index contributed by atoms with van der Waals surface area (Å²) in [6.07, 6.45) is 0. The molecule has 222 valence electrons. The van der Waals surface area contributed by atoms with Crippen LogP contribution in [-0.2, 0) is 21.7 Å². The molecular formula is C40H48BNO. The summed E-state index contributed by atoms with van der Waals surface area (Å²) in [5.41, 5.74) is 7.02. The van der Waals surface area contributed by atoms with Crippen molar-refractivity contribution >= 4 is 40.2 Å². The molecule has 2 heterocycles. The molecule has 2 aliphatic heterocycles. The largest absolute Gasteiger partial charge is 0.458 e. The maximum Gasteiger partial charge on any atom is 0.256 e. The van der Waals surface area contributed by atoms with Crippen LogP contribution in [0.1, 0.15) is 113 Å². The van der Waals surface area contributed by atoms with Gasteiger partial charge in [0.15, 0.2) is 0 Å². The number of hydrogen-bond acceptors (Lipinski definition) is 2. The lowest BCUT2D eigenvalue weighted by Gasteiger charge is -2.42. The maximum absolute atomic E-state index is 8.51. The van der Waals surface area contributed by atoms with Crippen LogP contribution >= 0.6 is 0 Å². The van der Waals surface area contributed by atoms with Crippen LogP contribution in [0.25, 0.3) is 0 Å². The summed E-state index contributed by atoms with van der Waals surface area (Å²) in [6, 6.07) is 24.9. The minimum Gasteiger partial charge on any atom is -0.458 e. The summed E-state index contributed by atoms with van der Waals surface area (Å²) >= 11 is 0. The van der Waals surface area contributed by atoms with Gasteiger partial charge in [0.2, 0.25) is 0 Å². The molecule has 0 amide bonds. The highest BCUT2D eigenvalue weighted by atomic mass is 16.5. The van der Waals surface area contributed by atoms with Crippen molar-refractivity contribution in [1.82, 2.24) is 0 Å². The average molecular weight is 576 g/mol. The van der Waals surface area contributed by atoms with Crippen molar-refractivity contribution in [1.29, 1.82) is 0 Å². The number of benzene rings is 4. The second-order valence-electron chi connectivity index (χ2n) is 15.7. The molecule has 0 fully saturated rings. The van der Waals surface area contributed by atoms with Crippen molar-refractivity contribution in [2.45, 2.75) is 105 Å². The van der Waals surface area contributed by atoms with Crippen molar-refractivity contribution in [2.24, 2.45) is 0 Å². The van der Waals surface area contributed by atoms with E-state index in [1.165, 1.54) is 23.6 Å². The minimum atomic E-state index is -2.82. The Balaban J connectivity index is 1.74. The van der Waals surface area contributed by atoms with Crippen LogP contribution in [0.4, 0.5) is 17.1 Å². The van der Waals surface area contributed by atoms with Crippen LogP contribution in [0.15, 0.2) is 72.8 Å². The van der Waals surface area contributed by atoms with E-state index in [9.17, 15) is 0 Å². The molecular weight excluding hydrogens is 521 g/mol. The molecule has 2 aliphatic rings. The summed E-state index contributed by atoms with van der Waals surface area (Å²) in [6.45, 7) is 15.3. The fraction of sp³-hybridized carbons (Fsp3) is 0.400. The molecule has 3 heteroatoms. The van der Waals surface area contributed by atoms with Gasteiger partial charge < -0.3 is 9.64 Å². The molecule has 0 spiro atoms. The van der Waals surface area contributed by atoms with Gasteiger partial charge in [-0.1, -0.05) is 119 Å². The molecule has 4 aromatic rings. The molecule has 0 saturated heterocycles. The van der Waals surface area contributed by atoms with E-state index in [1.54, 1.807) is 12.1 Å². The first-order valence-corrected chi connectivity index (χ1v) is 15.4. The molecule has 0 N–H and O–H groups in total. The van der Waals surface area contributed by atoms with Gasteiger partial charge in [0.1, 0.15) is 11.5 Å². The first-order valence-electron chi connectivity index (χ1n) is 18.4. The van der Waals surface area contributed by atoms with E-state index in [0.717, 1.165) is 33.5 Å². The van der Waals surface area contributed by atoms with E-state index in [4.69, 9.17) is 13.0 Å². The third kappa shape index (κ3) is 5.09. The van der Waals surface area contributed by atoms with Crippen molar-refractivity contribution in [3.63, 3.8) is 0 Å². The van der Waals surface area contributed by atoms with Gasteiger partial charge in [-0.3, -0.25) is 0 Å². The van der Waals surface area contributed by atoms with Gasteiger partial charge in [0.05, 0.1) is 0 Å². The summed E-state index contributed by atoms with van der Waals surface area (Å²) in [4.78, 5) is 2.16. The molecule has 0 saturated carbocycles. The van der Waals surface area contributed by atoms with Gasteiger partial charge in [-0.25, -0.2) is 0 Å². The molecule has 0 bridgehead atoms. The predicted molar refractivity (Wildman–Crippen MR) is 187 cm³/mol. The van der Waals surface area contributed by atoms with Crippen molar-refractivity contribution in [3.8, 4) is 11.5 Å². The SMILES string of the molecule is [2H]C([2H])([2H])C(C)(c1cc2c3c(c1)N(c1ccc(C(C)(C)C)cc1)c1ccc(C(C)(C)C)cc1B3c1cc(C(C)(C)C)ccc1O2)C([2H])([2H])[2H]. The zero-order valence-electron chi connectivity index (χ0n) is 33.4. The fourth-order valence-corrected chi connectivity index (χ4v) is 6.37. The lowest BCUT2D eigenvalue weighted by Crippen LogP contribution is -2.60.